The SMILES string of the molecule is COC(=O)c1cc(NC(=O)OCC2c3ccccc3-c3ccccc32)cc(COCC(=O)O)c1C. The Kier molecular flexibility index (Phi) is 7.12. The Morgan fingerprint density at radius 3 is 2.20 bits per heavy atom. The number of benzene rings is 3. The summed E-state index contributed by atoms with van der Waals surface area (Å²) in [4.78, 5) is 35.7. The van der Waals surface area contributed by atoms with E-state index in [0.29, 0.717) is 16.8 Å². The van der Waals surface area contributed by atoms with Gasteiger partial charge in [-0.15, -0.1) is 0 Å². The minimum atomic E-state index is -1.11. The zero-order valence-electron chi connectivity index (χ0n) is 19.4. The molecule has 180 valence electrons. The quantitative estimate of drug-likeness (QED) is 0.453. The van der Waals surface area contributed by atoms with Crippen molar-refractivity contribution in [3.8, 4) is 11.1 Å². The number of carboxylic acid groups (broad SMARTS) is 1. The summed E-state index contributed by atoms with van der Waals surface area (Å²) in [5, 5.41) is 11.5. The van der Waals surface area contributed by atoms with E-state index in [-0.39, 0.29) is 24.7 Å². The lowest BCUT2D eigenvalue weighted by molar-refractivity contribution is -0.142. The first-order valence-corrected chi connectivity index (χ1v) is 11.0. The molecule has 0 heterocycles. The van der Waals surface area contributed by atoms with Gasteiger partial charge in [0, 0.05) is 11.6 Å². The van der Waals surface area contributed by atoms with E-state index in [1.54, 1.807) is 13.0 Å². The van der Waals surface area contributed by atoms with Crippen molar-refractivity contribution >= 4 is 23.7 Å². The van der Waals surface area contributed by atoms with Crippen molar-refractivity contribution in [2.45, 2.75) is 19.4 Å². The van der Waals surface area contributed by atoms with Gasteiger partial charge in [0.05, 0.1) is 19.3 Å². The molecule has 35 heavy (non-hydrogen) atoms. The molecule has 0 aromatic heterocycles. The van der Waals surface area contributed by atoms with Crippen LogP contribution in [-0.4, -0.2) is 43.5 Å². The smallest absolute Gasteiger partial charge is 0.411 e. The lowest BCUT2D eigenvalue weighted by Gasteiger charge is -2.16. The van der Waals surface area contributed by atoms with Gasteiger partial charge in [-0.1, -0.05) is 48.5 Å². The predicted octanol–water partition coefficient (Wildman–Crippen LogP) is 4.74. The molecule has 0 saturated heterocycles. The van der Waals surface area contributed by atoms with Crippen molar-refractivity contribution in [3.05, 3.63) is 88.5 Å². The van der Waals surface area contributed by atoms with Gasteiger partial charge in [-0.2, -0.15) is 0 Å². The molecule has 1 aliphatic rings. The van der Waals surface area contributed by atoms with Gasteiger partial charge in [-0.3, -0.25) is 5.32 Å². The second kappa shape index (κ2) is 10.4. The fourth-order valence-corrected chi connectivity index (χ4v) is 4.32. The first kappa shape index (κ1) is 24.0. The number of rotatable bonds is 8. The van der Waals surface area contributed by atoms with Gasteiger partial charge in [0.15, 0.2) is 0 Å². The lowest BCUT2D eigenvalue weighted by Crippen LogP contribution is -2.19. The molecule has 2 N–H and O–H groups in total. The molecule has 0 unspecified atom stereocenters. The van der Waals surface area contributed by atoms with E-state index in [2.05, 4.69) is 17.4 Å². The molecule has 1 amide bonds. The second-order valence-corrected chi connectivity index (χ2v) is 8.14. The highest BCUT2D eigenvalue weighted by molar-refractivity contribution is 5.94. The maximum absolute atomic E-state index is 12.7. The normalized spacial score (nSPS) is 11.9. The van der Waals surface area contributed by atoms with Crippen LogP contribution in [0.5, 0.6) is 0 Å². The molecular formula is C27H25NO7. The van der Waals surface area contributed by atoms with Gasteiger partial charge in [0.25, 0.3) is 0 Å². The Bertz CT molecular complexity index is 1240. The van der Waals surface area contributed by atoms with E-state index in [9.17, 15) is 14.4 Å². The Morgan fingerprint density at radius 1 is 0.971 bits per heavy atom. The number of ether oxygens (including phenoxy) is 3. The number of aliphatic carboxylic acids is 1. The van der Waals surface area contributed by atoms with E-state index >= 15 is 0 Å². The standard InChI is InChI=1S/C27H25NO7/c1-16-17(13-34-15-25(29)30)11-18(12-23(16)26(31)33-2)28-27(32)35-14-24-21-9-5-3-7-19(21)20-8-4-6-10-22(20)24/h3-12,24H,13-15H2,1-2H3,(H,28,32)(H,29,30). The van der Waals surface area contributed by atoms with Crippen molar-refractivity contribution in [3.63, 3.8) is 0 Å². The molecule has 0 radical (unpaired) electrons. The molecule has 3 aromatic carbocycles. The third-order valence-corrected chi connectivity index (χ3v) is 5.99. The largest absolute Gasteiger partial charge is 0.480 e. The topological polar surface area (TPSA) is 111 Å². The summed E-state index contributed by atoms with van der Waals surface area (Å²) in [6, 6.07) is 19.2. The summed E-state index contributed by atoms with van der Waals surface area (Å²) >= 11 is 0. The fourth-order valence-electron chi connectivity index (χ4n) is 4.32. The number of esters is 1. The summed E-state index contributed by atoms with van der Waals surface area (Å²) in [5.74, 6) is -1.78. The number of hydrogen-bond acceptors (Lipinski definition) is 6. The van der Waals surface area contributed by atoms with Crippen molar-refractivity contribution in [1.82, 2.24) is 0 Å². The van der Waals surface area contributed by atoms with Crippen LogP contribution < -0.4 is 5.32 Å². The molecule has 0 saturated carbocycles. The van der Waals surface area contributed by atoms with Crippen LogP contribution in [0.15, 0.2) is 60.7 Å². The van der Waals surface area contributed by atoms with Crippen LogP contribution in [0, 0.1) is 6.92 Å². The summed E-state index contributed by atoms with van der Waals surface area (Å²) in [6.07, 6.45) is -0.677. The zero-order valence-corrected chi connectivity index (χ0v) is 19.4. The van der Waals surface area contributed by atoms with Crippen LogP contribution in [0.2, 0.25) is 0 Å². The summed E-state index contributed by atoms with van der Waals surface area (Å²) < 4.78 is 15.6. The average molecular weight is 475 g/mol. The second-order valence-electron chi connectivity index (χ2n) is 8.14. The first-order valence-electron chi connectivity index (χ1n) is 11.0. The van der Waals surface area contributed by atoms with Crippen LogP contribution in [0.25, 0.3) is 11.1 Å². The van der Waals surface area contributed by atoms with Crippen LogP contribution in [0.3, 0.4) is 0 Å². The highest BCUT2D eigenvalue weighted by Gasteiger charge is 2.29. The molecular weight excluding hydrogens is 450 g/mol. The van der Waals surface area contributed by atoms with Gasteiger partial charge in [0.2, 0.25) is 0 Å². The molecule has 0 aliphatic heterocycles. The Morgan fingerprint density at radius 2 is 1.60 bits per heavy atom. The minimum Gasteiger partial charge on any atom is -0.480 e. The number of methoxy groups -OCH3 is 1. The molecule has 3 aromatic rings. The number of hydrogen-bond donors (Lipinski definition) is 2. The molecule has 8 nitrogen and oxygen atoms in total. The van der Waals surface area contributed by atoms with Crippen molar-refractivity contribution < 1.29 is 33.7 Å². The maximum atomic E-state index is 12.7. The predicted molar refractivity (Wildman–Crippen MR) is 129 cm³/mol. The van der Waals surface area contributed by atoms with Crippen LogP contribution >= 0.6 is 0 Å². The average Bonchev–Trinajstić information content (AvgIpc) is 3.17. The minimum absolute atomic E-state index is 0.0532. The Balaban J connectivity index is 1.50. The van der Waals surface area contributed by atoms with E-state index < -0.39 is 24.6 Å². The number of carbonyl (C=O) groups excluding carboxylic acids is 2. The Labute approximate surface area is 202 Å². The number of carboxylic acids is 1. The molecule has 8 heteroatoms. The number of anilines is 1. The maximum Gasteiger partial charge on any atom is 0.411 e. The number of carbonyl (C=O) groups is 3. The van der Waals surface area contributed by atoms with E-state index in [1.165, 1.54) is 13.2 Å². The fraction of sp³-hybridized carbons (Fsp3) is 0.222. The number of fused-ring (bicyclic) bond motifs is 3. The molecule has 0 atom stereocenters. The summed E-state index contributed by atoms with van der Waals surface area (Å²) in [6.45, 7) is 1.30. The third kappa shape index (κ3) is 5.17. The highest BCUT2D eigenvalue weighted by atomic mass is 16.5. The molecule has 0 bridgehead atoms. The van der Waals surface area contributed by atoms with Gasteiger partial charge >= 0.3 is 18.0 Å². The molecule has 1 aliphatic carbocycles. The van der Waals surface area contributed by atoms with Crippen LogP contribution in [-0.2, 0) is 25.6 Å². The van der Waals surface area contributed by atoms with Crippen LogP contribution in [0.4, 0.5) is 10.5 Å². The number of nitrogens with one attached hydrogen (secondary N) is 1. The Hall–Kier alpha value is -4.17. The molecule has 0 spiro atoms. The van der Waals surface area contributed by atoms with E-state index in [0.717, 1.165) is 22.3 Å². The zero-order chi connectivity index (χ0) is 24.9. The van der Waals surface area contributed by atoms with Crippen LogP contribution in [0.1, 0.15) is 38.5 Å². The third-order valence-electron chi connectivity index (χ3n) is 5.99. The van der Waals surface area contributed by atoms with Gasteiger partial charge in [-0.25, -0.2) is 14.4 Å². The van der Waals surface area contributed by atoms with E-state index in [1.807, 2.05) is 36.4 Å². The van der Waals surface area contributed by atoms with Crippen molar-refractivity contribution in [2.75, 3.05) is 25.6 Å². The van der Waals surface area contributed by atoms with Crippen molar-refractivity contribution in [1.29, 1.82) is 0 Å². The first-order chi connectivity index (χ1) is 16.9. The van der Waals surface area contributed by atoms with Crippen molar-refractivity contribution in [2.24, 2.45) is 0 Å². The van der Waals surface area contributed by atoms with Gasteiger partial charge in [-0.05, 0) is 52.4 Å². The molecule has 4 rings (SSSR count). The highest BCUT2D eigenvalue weighted by Crippen LogP contribution is 2.44. The lowest BCUT2D eigenvalue weighted by atomic mass is 9.98. The van der Waals surface area contributed by atoms with E-state index in [4.69, 9.17) is 19.3 Å². The molecule has 0 fully saturated rings. The van der Waals surface area contributed by atoms with Gasteiger partial charge in [0.1, 0.15) is 13.2 Å². The summed E-state index contributed by atoms with van der Waals surface area (Å²) in [5.41, 5.74) is 6.11. The summed E-state index contributed by atoms with van der Waals surface area (Å²) in [7, 11) is 1.26. The monoisotopic (exact) mass is 475 g/mol. The van der Waals surface area contributed by atoms with Gasteiger partial charge < -0.3 is 19.3 Å². The number of amides is 1.